The van der Waals surface area contributed by atoms with Crippen molar-refractivity contribution in [1.82, 2.24) is 25.6 Å². The number of aromatic nitrogens is 3. The summed E-state index contributed by atoms with van der Waals surface area (Å²) in [4.78, 5) is 46.9. The van der Waals surface area contributed by atoms with Crippen LogP contribution in [-0.4, -0.2) is 50.6 Å². The predicted octanol–water partition coefficient (Wildman–Crippen LogP) is 1.80. The quantitative estimate of drug-likeness (QED) is 0.236. The smallest absolute Gasteiger partial charge is 0.261 e. The molecule has 0 aliphatic carbocycles. The Morgan fingerprint density at radius 1 is 1.17 bits per heavy atom. The van der Waals surface area contributed by atoms with E-state index in [4.69, 9.17) is 5.73 Å². The zero-order valence-electron chi connectivity index (χ0n) is 19.1. The molecule has 2 amide bonds. The Balaban J connectivity index is 1.55. The third-order valence-electron chi connectivity index (χ3n) is 5.38. The van der Waals surface area contributed by atoms with E-state index >= 15 is 0 Å². The SMILES string of the molecule is CC(C)NC(=O)CC(O)CNC(=O)c1ccc2nc(-c3c(N)c4c(F)cccc4[nH]c3=O)[nH]c2c1. The third kappa shape index (κ3) is 4.99. The summed E-state index contributed by atoms with van der Waals surface area (Å²) in [5.74, 6) is -1.21. The molecule has 7 N–H and O–H groups in total. The average Bonchev–Trinajstić information content (AvgIpc) is 3.19. The zero-order valence-corrected chi connectivity index (χ0v) is 19.1. The fourth-order valence-electron chi connectivity index (χ4n) is 3.82. The first-order valence-corrected chi connectivity index (χ1v) is 11.0. The van der Waals surface area contributed by atoms with Crippen molar-refractivity contribution in [3.05, 3.63) is 58.1 Å². The van der Waals surface area contributed by atoms with Crippen molar-refractivity contribution >= 4 is 39.4 Å². The number of hydrogen-bond donors (Lipinski definition) is 6. The molecule has 0 bridgehead atoms. The number of amides is 2. The van der Waals surface area contributed by atoms with E-state index in [-0.39, 0.29) is 58.5 Å². The van der Waals surface area contributed by atoms with E-state index in [1.807, 2.05) is 13.8 Å². The Labute approximate surface area is 198 Å². The summed E-state index contributed by atoms with van der Waals surface area (Å²) in [5.41, 5.74) is 7.03. The standard InChI is InChI=1S/C24H25FN6O4/c1-11(2)28-18(33)9-13(32)10-27-23(34)12-6-7-15-17(8-12)30-22(29-15)20-21(26)19-14(25)4-3-5-16(19)31-24(20)35/h3-8,11,13,32H,9-10H2,1-2H3,(H,27,34)(H,28,33)(H,29,30)(H3,26,31,35). The summed E-state index contributed by atoms with van der Waals surface area (Å²) in [6.45, 7) is 3.52. The summed E-state index contributed by atoms with van der Waals surface area (Å²) >= 11 is 0. The molecule has 0 aliphatic rings. The summed E-state index contributed by atoms with van der Waals surface area (Å²) in [7, 11) is 0. The second-order valence-corrected chi connectivity index (χ2v) is 8.51. The van der Waals surface area contributed by atoms with Gasteiger partial charge in [-0.2, -0.15) is 0 Å². The number of halogens is 1. The monoisotopic (exact) mass is 480 g/mol. The molecule has 11 heteroatoms. The maximum atomic E-state index is 14.4. The van der Waals surface area contributed by atoms with E-state index in [0.29, 0.717) is 11.0 Å². The van der Waals surface area contributed by atoms with Gasteiger partial charge in [0.1, 0.15) is 17.2 Å². The van der Waals surface area contributed by atoms with Gasteiger partial charge in [0.25, 0.3) is 11.5 Å². The highest BCUT2D eigenvalue weighted by molar-refractivity contribution is 6.00. The number of pyridine rings is 1. The molecule has 10 nitrogen and oxygen atoms in total. The van der Waals surface area contributed by atoms with Crippen LogP contribution in [0.5, 0.6) is 0 Å². The number of nitrogens with two attached hydrogens (primary N) is 1. The number of hydrogen-bond acceptors (Lipinski definition) is 6. The van der Waals surface area contributed by atoms with Crippen LogP contribution >= 0.6 is 0 Å². The first-order chi connectivity index (χ1) is 16.6. The molecule has 0 aliphatic heterocycles. The van der Waals surface area contributed by atoms with Crippen molar-refractivity contribution in [2.24, 2.45) is 0 Å². The summed E-state index contributed by atoms with van der Waals surface area (Å²) < 4.78 is 14.4. The first-order valence-electron chi connectivity index (χ1n) is 11.0. The van der Waals surface area contributed by atoms with Crippen LogP contribution in [0, 0.1) is 5.82 Å². The van der Waals surface area contributed by atoms with Gasteiger partial charge in [-0.1, -0.05) is 6.07 Å². The molecule has 0 radical (unpaired) electrons. The number of carbonyl (C=O) groups is 2. The molecule has 1 unspecified atom stereocenters. The molecule has 0 fully saturated rings. The second-order valence-electron chi connectivity index (χ2n) is 8.51. The Morgan fingerprint density at radius 2 is 1.94 bits per heavy atom. The molecule has 4 rings (SSSR count). The molecule has 2 heterocycles. The summed E-state index contributed by atoms with van der Waals surface area (Å²) in [5, 5.41) is 15.4. The van der Waals surface area contributed by atoms with Crippen LogP contribution in [-0.2, 0) is 4.79 Å². The lowest BCUT2D eigenvalue weighted by atomic mass is 10.1. The number of anilines is 1. The van der Waals surface area contributed by atoms with Crippen LogP contribution in [0.25, 0.3) is 33.3 Å². The van der Waals surface area contributed by atoms with Crippen molar-refractivity contribution in [3.63, 3.8) is 0 Å². The molecular formula is C24H25FN6O4. The lowest BCUT2D eigenvalue weighted by Gasteiger charge is -2.13. The number of carbonyl (C=O) groups excluding carboxylic acids is 2. The Bertz CT molecular complexity index is 1490. The largest absolute Gasteiger partial charge is 0.397 e. The molecular weight excluding hydrogens is 455 g/mol. The van der Waals surface area contributed by atoms with Crippen LogP contribution in [0.15, 0.2) is 41.2 Å². The van der Waals surface area contributed by atoms with E-state index in [1.54, 1.807) is 12.1 Å². The normalized spacial score (nSPS) is 12.3. The molecule has 35 heavy (non-hydrogen) atoms. The van der Waals surface area contributed by atoms with E-state index in [0.717, 1.165) is 0 Å². The number of aliphatic hydroxyl groups excluding tert-OH is 1. The molecule has 2 aromatic carbocycles. The maximum Gasteiger partial charge on any atom is 0.261 e. The maximum absolute atomic E-state index is 14.4. The number of fused-ring (bicyclic) bond motifs is 2. The van der Waals surface area contributed by atoms with Gasteiger partial charge in [0, 0.05) is 18.2 Å². The first kappa shape index (κ1) is 23.9. The van der Waals surface area contributed by atoms with Crippen molar-refractivity contribution in [2.45, 2.75) is 32.4 Å². The highest BCUT2D eigenvalue weighted by Gasteiger charge is 2.19. The van der Waals surface area contributed by atoms with Crippen LogP contribution in [0.1, 0.15) is 30.6 Å². The van der Waals surface area contributed by atoms with Gasteiger partial charge in [-0.3, -0.25) is 14.4 Å². The Hall–Kier alpha value is -4.25. The van der Waals surface area contributed by atoms with E-state index in [9.17, 15) is 23.9 Å². The van der Waals surface area contributed by atoms with Crippen molar-refractivity contribution < 1.29 is 19.1 Å². The van der Waals surface area contributed by atoms with Crippen LogP contribution in [0.4, 0.5) is 10.1 Å². The Kier molecular flexibility index (Phi) is 6.52. The van der Waals surface area contributed by atoms with E-state index in [2.05, 4.69) is 25.6 Å². The van der Waals surface area contributed by atoms with Gasteiger partial charge in [0.2, 0.25) is 5.91 Å². The van der Waals surface area contributed by atoms with E-state index < -0.39 is 23.4 Å². The average molecular weight is 481 g/mol. The number of rotatable bonds is 7. The fraction of sp³-hybridized carbons (Fsp3) is 0.250. The van der Waals surface area contributed by atoms with Gasteiger partial charge in [-0.05, 0) is 44.2 Å². The minimum absolute atomic E-state index is 0.00685. The van der Waals surface area contributed by atoms with E-state index in [1.165, 1.54) is 24.3 Å². The molecule has 2 aromatic heterocycles. The Morgan fingerprint density at radius 3 is 2.69 bits per heavy atom. The van der Waals surface area contributed by atoms with Gasteiger partial charge >= 0.3 is 0 Å². The van der Waals surface area contributed by atoms with Crippen molar-refractivity contribution in [1.29, 1.82) is 0 Å². The number of aromatic amines is 2. The highest BCUT2D eigenvalue weighted by atomic mass is 19.1. The van der Waals surface area contributed by atoms with Crippen molar-refractivity contribution in [2.75, 3.05) is 12.3 Å². The topological polar surface area (TPSA) is 166 Å². The van der Waals surface area contributed by atoms with Crippen LogP contribution < -0.4 is 21.9 Å². The van der Waals surface area contributed by atoms with Gasteiger partial charge < -0.3 is 31.4 Å². The number of nitrogens with zero attached hydrogens (tertiary/aromatic N) is 1. The molecule has 0 saturated heterocycles. The number of nitrogens with one attached hydrogen (secondary N) is 4. The number of H-pyrrole nitrogens is 2. The number of aliphatic hydroxyl groups is 1. The van der Waals surface area contributed by atoms with Gasteiger partial charge in [-0.25, -0.2) is 9.37 Å². The van der Waals surface area contributed by atoms with Gasteiger partial charge in [0.05, 0.1) is 40.1 Å². The minimum Gasteiger partial charge on any atom is -0.397 e. The second kappa shape index (κ2) is 9.55. The predicted molar refractivity (Wildman–Crippen MR) is 130 cm³/mol. The summed E-state index contributed by atoms with van der Waals surface area (Å²) in [6.07, 6.45) is -1.17. The molecule has 1 atom stereocenters. The molecule has 0 spiro atoms. The van der Waals surface area contributed by atoms with Gasteiger partial charge in [0.15, 0.2) is 0 Å². The lowest BCUT2D eigenvalue weighted by Crippen LogP contribution is -2.37. The third-order valence-corrected chi connectivity index (χ3v) is 5.38. The number of benzene rings is 2. The zero-order chi connectivity index (χ0) is 25.3. The molecule has 0 saturated carbocycles. The number of nitrogen functional groups attached to an aromatic ring is 1. The molecule has 182 valence electrons. The summed E-state index contributed by atoms with van der Waals surface area (Å²) in [6, 6.07) is 8.88. The molecule has 4 aromatic rings. The van der Waals surface area contributed by atoms with Gasteiger partial charge in [-0.15, -0.1) is 0 Å². The van der Waals surface area contributed by atoms with Crippen molar-refractivity contribution in [3.8, 4) is 11.4 Å². The highest BCUT2D eigenvalue weighted by Crippen LogP contribution is 2.29. The lowest BCUT2D eigenvalue weighted by molar-refractivity contribution is -0.123. The minimum atomic E-state index is -1.04. The van der Waals surface area contributed by atoms with Crippen LogP contribution in [0.2, 0.25) is 0 Å². The fourth-order valence-corrected chi connectivity index (χ4v) is 3.82. The number of imidazole rings is 1. The van der Waals surface area contributed by atoms with Crippen LogP contribution in [0.3, 0.4) is 0 Å².